The minimum atomic E-state index is -0.382. The van der Waals surface area contributed by atoms with Crippen LogP contribution in [0.2, 0.25) is 0 Å². The maximum absolute atomic E-state index is 13.6. The van der Waals surface area contributed by atoms with Crippen molar-refractivity contribution in [1.29, 1.82) is 0 Å². The molecule has 0 aliphatic heterocycles. The van der Waals surface area contributed by atoms with Crippen LogP contribution in [0.4, 0.5) is 0 Å². The van der Waals surface area contributed by atoms with Gasteiger partial charge in [-0.15, -0.1) is 0 Å². The molecule has 6 heteroatoms. The summed E-state index contributed by atoms with van der Waals surface area (Å²) in [7, 11) is 0. The Labute approximate surface area is 266 Å². The van der Waals surface area contributed by atoms with Gasteiger partial charge in [-0.3, -0.25) is 24.1 Å². The van der Waals surface area contributed by atoms with Crippen molar-refractivity contribution in [3.8, 4) is 0 Å². The molecule has 0 fully saturated rings. The van der Waals surface area contributed by atoms with E-state index >= 15 is 0 Å². The second kappa shape index (κ2) is 22.4. The van der Waals surface area contributed by atoms with E-state index in [-0.39, 0.29) is 23.4 Å². The van der Waals surface area contributed by atoms with Gasteiger partial charge in [0.1, 0.15) is 0 Å². The number of benzene rings is 2. The molecule has 44 heavy (non-hydrogen) atoms. The fourth-order valence-corrected chi connectivity index (χ4v) is 5.39. The lowest BCUT2D eigenvalue weighted by Crippen LogP contribution is -2.37. The fraction of sp³-hybridized carbons (Fsp3) is 0.579. The van der Waals surface area contributed by atoms with Gasteiger partial charge in [0.2, 0.25) is 0 Å². The van der Waals surface area contributed by atoms with Gasteiger partial charge >= 0.3 is 0 Å². The summed E-state index contributed by atoms with van der Waals surface area (Å²) in [5, 5.41) is 0. The van der Waals surface area contributed by atoms with Crippen molar-refractivity contribution in [3.05, 3.63) is 70.8 Å². The number of unbranched alkanes of at least 4 members (excludes halogenated alkanes) is 13. The summed E-state index contributed by atoms with van der Waals surface area (Å²) in [6.07, 6.45) is 17.9. The molecule has 0 unspecified atom stereocenters. The third-order valence-electron chi connectivity index (χ3n) is 8.25. The Hall–Kier alpha value is -3.12. The zero-order valence-electron chi connectivity index (χ0n) is 27.4. The number of ketones is 2. The zero-order chi connectivity index (χ0) is 32.0. The quantitative estimate of drug-likeness (QED) is 0.0731. The lowest BCUT2D eigenvalue weighted by Gasteiger charge is -2.21. The first-order valence-corrected chi connectivity index (χ1v) is 17.3. The highest BCUT2D eigenvalue weighted by atomic mass is 16.2. The summed E-state index contributed by atoms with van der Waals surface area (Å²) >= 11 is 0. The van der Waals surface area contributed by atoms with Gasteiger partial charge in [0.05, 0.1) is 0 Å². The summed E-state index contributed by atoms with van der Waals surface area (Å²) in [6.45, 7) is 5.29. The first kappa shape index (κ1) is 37.1. The summed E-state index contributed by atoms with van der Waals surface area (Å²) in [5.41, 5.74) is 7.56. The number of rotatable bonds is 24. The van der Waals surface area contributed by atoms with Gasteiger partial charge in [-0.1, -0.05) is 115 Å². The normalized spacial score (nSPS) is 11.0. The van der Waals surface area contributed by atoms with E-state index in [4.69, 9.17) is 5.73 Å². The predicted octanol–water partition coefficient (Wildman–Crippen LogP) is 9.35. The van der Waals surface area contributed by atoms with Crippen molar-refractivity contribution in [2.24, 2.45) is 5.73 Å². The molecule has 2 aromatic rings. The monoisotopic (exact) mass is 604 g/mol. The Kier molecular flexibility index (Phi) is 18.9. The number of carbonyl (C=O) groups excluding carboxylic acids is 4. The number of hydrogen-bond acceptors (Lipinski definition) is 5. The molecule has 0 heterocycles. The highest BCUT2D eigenvalue weighted by molar-refractivity contribution is 6.11. The second-order valence-electron chi connectivity index (χ2n) is 12.0. The number of carbonyl (C=O) groups is 4. The van der Waals surface area contributed by atoms with E-state index in [2.05, 4.69) is 13.8 Å². The molecule has 2 aromatic carbocycles. The van der Waals surface area contributed by atoms with Crippen LogP contribution in [0.15, 0.2) is 48.5 Å². The minimum Gasteiger partial charge on any atom is -0.330 e. The maximum atomic E-state index is 13.6. The van der Waals surface area contributed by atoms with Crippen LogP contribution < -0.4 is 5.73 Å². The van der Waals surface area contributed by atoms with E-state index in [9.17, 15) is 19.2 Å². The smallest absolute Gasteiger partial charge is 0.260 e. The molecular weight excluding hydrogens is 548 g/mol. The first-order valence-electron chi connectivity index (χ1n) is 17.3. The summed E-state index contributed by atoms with van der Waals surface area (Å²) in [5.74, 6) is -0.601. The molecule has 0 radical (unpaired) electrons. The van der Waals surface area contributed by atoms with Gasteiger partial charge in [-0.25, -0.2) is 0 Å². The molecule has 2 amide bonds. The Morgan fingerprint density at radius 3 is 1.23 bits per heavy atom. The van der Waals surface area contributed by atoms with Crippen molar-refractivity contribution in [2.75, 3.05) is 13.1 Å². The number of amides is 2. The Morgan fingerprint density at radius 2 is 0.818 bits per heavy atom. The lowest BCUT2D eigenvalue weighted by molar-refractivity contribution is 0.0612. The molecule has 2 rings (SSSR count). The highest BCUT2D eigenvalue weighted by Crippen LogP contribution is 2.18. The van der Waals surface area contributed by atoms with E-state index in [0.717, 1.165) is 57.8 Å². The summed E-state index contributed by atoms with van der Waals surface area (Å²) < 4.78 is 0. The average molecular weight is 605 g/mol. The molecule has 0 aliphatic carbocycles. The molecule has 0 saturated heterocycles. The van der Waals surface area contributed by atoms with Crippen LogP contribution in [0.1, 0.15) is 171 Å². The molecule has 0 spiro atoms. The number of hydrogen-bond donors (Lipinski definition) is 1. The number of nitrogens with two attached hydrogens (primary N) is 1. The largest absolute Gasteiger partial charge is 0.330 e. The van der Waals surface area contributed by atoms with Crippen molar-refractivity contribution in [3.63, 3.8) is 0 Å². The number of nitrogens with zero attached hydrogens (tertiary/aromatic N) is 1. The fourth-order valence-electron chi connectivity index (χ4n) is 5.39. The average Bonchev–Trinajstić information content (AvgIpc) is 3.05. The van der Waals surface area contributed by atoms with E-state index in [1.165, 1.54) is 43.4 Å². The number of Topliss-reactive ketones (excluding diaryl/α,β-unsaturated/α-hetero) is 2. The second-order valence-corrected chi connectivity index (χ2v) is 12.0. The molecule has 242 valence electrons. The van der Waals surface area contributed by atoms with Crippen LogP contribution in [0.3, 0.4) is 0 Å². The van der Waals surface area contributed by atoms with Crippen LogP contribution in [-0.4, -0.2) is 41.4 Å². The topological polar surface area (TPSA) is 97.5 Å². The van der Waals surface area contributed by atoms with Crippen LogP contribution in [0.5, 0.6) is 0 Å². The van der Waals surface area contributed by atoms with Gasteiger partial charge < -0.3 is 5.73 Å². The van der Waals surface area contributed by atoms with Crippen molar-refractivity contribution in [2.45, 2.75) is 129 Å². The van der Waals surface area contributed by atoms with E-state index in [1.54, 1.807) is 48.5 Å². The Balaban J connectivity index is 2.04. The lowest BCUT2D eigenvalue weighted by atomic mass is 10.0. The van der Waals surface area contributed by atoms with Crippen LogP contribution in [0, 0.1) is 0 Å². The van der Waals surface area contributed by atoms with E-state index in [1.807, 2.05) is 0 Å². The predicted molar refractivity (Wildman–Crippen MR) is 180 cm³/mol. The Morgan fingerprint density at radius 1 is 0.477 bits per heavy atom. The molecule has 0 bridgehead atoms. The molecule has 0 aromatic heterocycles. The summed E-state index contributed by atoms with van der Waals surface area (Å²) in [4.78, 5) is 53.8. The SMILES string of the molecule is CCCCCCCCC(=O)c1ccc(C(=O)N(CCCCCCN)C(=O)c2ccc(C(=O)CCCCCCCC)cc2)cc1. The van der Waals surface area contributed by atoms with Gasteiger partial charge in [-0.2, -0.15) is 0 Å². The molecular formula is C38H56N2O4. The molecule has 0 atom stereocenters. The molecule has 6 nitrogen and oxygen atoms in total. The standard InChI is InChI=1S/C38H56N2O4/c1-3-5-7-9-11-15-19-35(41)31-21-25-33(26-22-31)37(43)40(30-18-14-13-17-29-39)38(44)34-27-23-32(24-28-34)36(42)20-16-12-10-8-6-4-2/h21-28H,3-20,29-30,39H2,1-2H3. The van der Waals surface area contributed by atoms with E-state index in [0.29, 0.717) is 54.6 Å². The molecule has 2 N–H and O–H groups in total. The maximum Gasteiger partial charge on any atom is 0.260 e. The van der Waals surface area contributed by atoms with Gasteiger partial charge in [0.25, 0.3) is 11.8 Å². The molecule has 0 saturated carbocycles. The van der Waals surface area contributed by atoms with Crippen molar-refractivity contribution in [1.82, 2.24) is 4.90 Å². The van der Waals surface area contributed by atoms with Crippen LogP contribution in [-0.2, 0) is 0 Å². The van der Waals surface area contributed by atoms with Crippen LogP contribution >= 0.6 is 0 Å². The minimum absolute atomic E-state index is 0.0819. The highest BCUT2D eigenvalue weighted by Gasteiger charge is 2.24. The first-order chi connectivity index (χ1) is 21.4. The van der Waals surface area contributed by atoms with Gasteiger partial charge in [0.15, 0.2) is 11.6 Å². The van der Waals surface area contributed by atoms with Gasteiger partial charge in [-0.05, 0) is 56.5 Å². The zero-order valence-corrected chi connectivity index (χ0v) is 27.4. The third-order valence-corrected chi connectivity index (χ3v) is 8.25. The molecule has 0 aliphatic rings. The third kappa shape index (κ3) is 13.7. The van der Waals surface area contributed by atoms with Crippen LogP contribution in [0.25, 0.3) is 0 Å². The van der Waals surface area contributed by atoms with Gasteiger partial charge in [0, 0.05) is 41.6 Å². The van der Waals surface area contributed by atoms with Crippen molar-refractivity contribution < 1.29 is 19.2 Å². The number of imide groups is 1. The Bertz CT molecular complexity index is 1040. The summed E-state index contributed by atoms with van der Waals surface area (Å²) in [6, 6.07) is 13.4. The van der Waals surface area contributed by atoms with E-state index < -0.39 is 0 Å². The van der Waals surface area contributed by atoms with Crippen molar-refractivity contribution >= 4 is 23.4 Å².